The third-order valence-corrected chi connectivity index (χ3v) is 3.47. The first-order chi connectivity index (χ1) is 9.89. The van der Waals surface area contributed by atoms with Crippen LogP contribution in [0.3, 0.4) is 0 Å². The number of hydrogen-bond acceptors (Lipinski definition) is 5. The third-order valence-electron chi connectivity index (χ3n) is 3.21. The van der Waals surface area contributed by atoms with E-state index in [0.717, 1.165) is 12.1 Å². The third kappa shape index (κ3) is 4.52. The zero-order valence-electron chi connectivity index (χ0n) is 12.6. The Morgan fingerprint density at radius 3 is 2.52 bits per heavy atom. The molecule has 0 saturated heterocycles. The summed E-state index contributed by atoms with van der Waals surface area (Å²) >= 11 is 5.86. The first kappa shape index (κ1) is 15.9. The second-order valence-electron chi connectivity index (χ2n) is 6.05. The van der Waals surface area contributed by atoms with Gasteiger partial charge >= 0.3 is 0 Å². The molecule has 2 aromatic rings. The Hall–Kier alpha value is -1.43. The van der Waals surface area contributed by atoms with Crippen LogP contribution in [0, 0.1) is 5.41 Å². The van der Waals surface area contributed by atoms with Gasteiger partial charge in [-0.1, -0.05) is 25.4 Å². The Kier molecular flexibility index (Phi) is 4.98. The summed E-state index contributed by atoms with van der Waals surface area (Å²) in [5.41, 5.74) is 6.68. The fourth-order valence-corrected chi connectivity index (χ4v) is 2.23. The van der Waals surface area contributed by atoms with Crippen LogP contribution >= 0.6 is 11.6 Å². The van der Waals surface area contributed by atoms with Crippen LogP contribution in [0.15, 0.2) is 28.7 Å². The second-order valence-corrected chi connectivity index (χ2v) is 6.48. The van der Waals surface area contributed by atoms with Crippen molar-refractivity contribution < 1.29 is 4.42 Å². The number of nitrogens with zero attached hydrogens (tertiary/aromatic N) is 3. The van der Waals surface area contributed by atoms with Gasteiger partial charge in [0.2, 0.25) is 11.8 Å². The van der Waals surface area contributed by atoms with Crippen molar-refractivity contribution in [1.29, 1.82) is 0 Å². The van der Waals surface area contributed by atoms with E-state index in [9.17, 15) is 0 Å². The van der Waals surface area contributed by atoms with Gasteiger partial charge in [-0.2, -0.15) is 0 Å². The van der Waals surface area contributed by atoms with Crippen LogP contribution in [0.5, 0.6) is 0 Å². The highest BCUT2D eigenvalue weighted by Crippen LogP contribution is 2.21. The number of aromatic nitrogens is 2. The Morgan fingerprint density at radius 2 is 1.90 bits per heavy atom. The summed E-state index contributed by atoms with van der Waals surface area (Å²) in [7, 11) is 2.02. The van der Waals surface area contributed by atoms with E-state index in [0.29, 0.717) is 29.9 Å². The van der Waals surface area contributed by atoms with Gasteiger partial charge in [0.25, 0.3) is 0 Å². The first-order valence-electron chi connectivity index (χ1n) is 6.86. The summed E-state index contributed by atoms with van der Waals surface area (Å²) in [6.07, 6.45) is 0. The van der Waals surface area contributed by atoms with Gasteiger partial charge in [0.15, 0.2) is 0 Å². The van der Waals surface area contributed by atoms with Crippen LogP contribution in [0.1, 0.15) is 19.7 Å². The molecule has 0 bridgehead atoms. The van der Waals surface area contributed by atoms with Gasteiger partial charge in [0.1, 0.15) is 0 Å². The molecule has 5 nitrogen and oxygen atoms in total. The molecular formula is C15H21ClN4O. The van der Waals surface area contributed by atoms with E-state index < -0.39 is 0 Å². The molecule has 0 aliphatic rings. The molecule has 0 radical (unpaired) electrons. The minimum absolute atomic E-state index is 0.0633. The molecule has 0 aliphatic heterocycles. The van der Waals surface area contributed by atoms with Gasteiger partial charge in [0, 0.05) is 17.1 Å². The van der Waals surface area contributed by atoms with Crippen molar-refractivity contribution in [2.45, 2.75) is 20.4 Å². The van der Waals surface area contributed by atoms with Crippen molar-refractivity contribution >= 4 is 11.6 Å². The normalized spacial score (nSPS) is 12.1. The zero-order chi connectivity index (χ0) is 15.5. The van der Waals surface area contributed by atoms with Crippen LogP contribution < -0.4 is 5.73 Å². The molecule has 1 heterocycles. The molecule has 0 spiro atoms. The van der Waals surface area contributed by atoms with E-state index >= 15 is 0 Å². The van der Waals surface area contributed by atoms with Crippen LogP contribution in [-0.4, -0.2) is 35.2 Å². The van der Waals surface area contributed by atoms with Gasteiger partial charge < -0.3 is 10.2 Å². The lowest BCUT2D eigenvalue weighted by Crippen LogP contribution is -2.36. The molecule has 0 fully saturated rings. The molecule has 0 unspecified atom stereocenters. The van der Waals surface area contributed by atoms with Crippen molar-refractivity contribution in [3.05, 3.63) is 35.2 Å². The number of benzene rings is 1. The van der Waals surface area contributed by atoms with Crippen molar-refractivity contribution in [2.24, 2.45) is 11.1 Å². The fourth-order valence-electron chi connectivity index (χ4n) is 2.11. The molecule has 2 N–H and O–H groups in total. The quantitative estimate of drug-likeness (QED) is 0.888. The number of hydrogen-bond donors (Lipinski definition) is 1. The Morgan fingerprint density at radius 1 is 1.24 bits per heavy atom. The highest BCUT2D eigenvalue weighted by Gasteiger charge is 2.19. The topological polar surface area (TPSA) is 68.2 Å². The summed E-state index contributed by atoms with van der Waals surface area (Å²) < 4.78 is 5.69. The van der Waals surface area contributed by atoms with Gasteiger partial charge in [-0.25, -0.2) is 0 Å². The Bertz CT molecular complexity index is 580. The molecule has 0 saturated carbocycles. The monoisotopic (exact) mass is 308 g/mol. The molecule has 1 aromatic heterocycles. The number of halogens is 1. The van der Waals surface area contributed by atoms with E-state index in [1.165, 1.54) is 0 Å². The summed E-state index contributed by atoms with van der Waals surface area (Å²) in [5, 5.41) is 8.85. The SMILES string of the molecule is CN(Cc1nnc(-c2ccc(Cl)cc2)o1)CC(C)(C)CN. The van der Waals surface area contributed by atoms with E-state index in [2.05, 4.69) is 28.9 Å². The van der Waals surface area contributed by atoms with Gasteiger partial charge in [-0.05, 0) is 43.3 Å². The van der Waals surface area contributed by atoms with E-state index in [-0.39, 0.29) is 5.41 Å². The molecule has 1 aromatic carbocycles. The maximum Gasteiger partial charge on any atom is 0.247 e. The fraction of sp³-hybridized carbons (Fsp3) is 0.467. The second kappa shape index (κ2) is 6.56. The van der Waals surface area contributed by atoms with Crippen LogP contribution in [-0.2, 0) is 6.54 Å². The van der Waals surface area contributed by atoms with Crippen LogP contribution in [0.2, 0.25) is 5.02 Å². The largest absolute Gasteiger partial charge is 0.419 e. The minimum Gasteiger partial charge on any atom is -0.419 e. The van der Waals surface area contributed by atoms with Crippen molar-refractivity contribution in [1.82, 2.24) is 15.1 Å². The van der Waals surface area contributed by atoms with Gasteiger partial charge in [-0.15, -0.1) is 10.2 Å². The predicted molar refractivity (Wildman–Crippen MR) is 83.9 cm³/mol. The molecule has 114 valence electrons. The summed E-state index contributed by atoms with van der Waals surface area (Å²) in [4.78, 5) is 2.13. The average Bonchev–Trinajstić information content (AvgIpc) is 2.87. The number of nitrogens with two attached hydrogens (primary N) is 1. The molecular weight excluding hydrogens is 288 g/mol. The molecule has 0 atom stereocenters. The van der Waals surface area contributed by atoms with E-state index in [1.807, 2.05) is 19.2 Å². The predicted octanol–water partition coefficient (Wildman–Crippen LogP) is 2.81. The summed E-state index contributed by atoms with van der Waals surface area (Å²) in [6.45, 7) is 6.37. The lowest BCUT2D eigenvalue weighted by molar-refractivity contribution is 0.196. The van der Waals surface area contributed by atoms with E-state index in [1.54, 1.807) is 12.1 Å². The molecule has 6 heteroatoms. The zero-order valence-corrected chi connectivity index (χ0v) is 13.4. The van der Waals surface area contributed by atoms with Crippen molar-refractivity contribution in [2.75, 3.05) is 20.1 Å². The Labute approximate surface area is 130 Å². The van der Waals surface area contributed by atoms with Crippen LogP contribution in [0.25, 0.3) is 11.5 Å². The molecule has 0 aliphatic carbocycles. The maximum atomic E-state index is 5.86. The highest BCUT2D eigenvalue weighted by molar-refractivity contribution is 6.30. The summed E-state index contributed by atoms with van der Waals surface area (Å²) in [6, 6.07) is 7.33. The number of rotatable bonds is 6. The van der Waals surface area contributed by atoms with Crippen molar-refractivity contribution in [3.8, 4) is 11.5 Å². The molecule has 2 rings (SSSR count). The van der Waals surface area contributed by atoms with Crippen molar-refractivity contribution in [3.63, 3.8) is 0 Å². The lowest BCUT2D eigenvalue weighted by atomic mass is 9.93. The minimum atomic E-state index is 0.0633. The first-order valence-corrected chi connectivity index (χ1v) is 7.24. The molecule has 21 heavy (non-hydrogen) atoms. The average molecular weight is 309 g/mol. The smallest absolute Gasteiger partial charge is 0.247 e. The van der Waals surface area contributed by atoms with Gasteiger partial charge in [0.05, 0.1) is 6.54 Å². The van der Waals surface area contributed by atoms with Gasteiger partial charge in [-0.3, -0.25) is 4.90 Å². The summed E-state index contributed by atoms with van der Waals surface area (Å²) in [5.74, 6) is 1.10. The highest BCUT2D eigenvalue weighted by atomic mass is 35.5. The van der Waals surface area contributed by atoms with Crippen LogP contribution in [0.4, 0.5) is 0 Å². The molecule has 0 amide bonds. The van der Waals surface area contributed by atoms with E-state index in [4.69, 9.17) is 21.8 Å². The Balaban J connectivity index is 2.01. The maximum absolute atomic E-state index is 5.86. The standard InChI is InChI=1S/C15H21ClN4O/c1-15(2,9-17)10-20(3)8-13-18-19-14(21-13)11-4-6-12(16)7-5-11/h4-7H,8-10,17H2,1-3H3. The lowest BCUT2D eigenvalue weighted by Gasteiger charge is -2.27.